The number of carbonyl (C=O) groups excluding carboxylic acids is 2. The molecule has 3 fully saturated rings. The molecular weight excluding hydrogens is 504 g/mol. The predicted molar refractivity (Wildman–Crippen MR) is 135 cm³/mol. The highest BCUT2D eigenvalue weighted by atomic mass is 79.9. The largest absolute Gasteiger partial charge is 0.481 e. The summed E-state index contributed by atoms with van der Waals surface area (Å²) < 4.78 is 11.2. The van der Waals surface area contributed by atoms with Crippen molar-refractivity contribution in [1.82, 2.24) is 4.90 Å². The Hall–Kier alpha value is -1.80. The van der Waals surface area contributed by atoms with Crippen LogP contribution in [-0.4, -0.2) is 47.7 Å². The highest BCUT2D eigenvalue weighted by Crippen LogP contribution is 2.39. The standard InChI is InChI=1S/C25H31BrN2O4S/c1-31-23(29)16-32-21-13-12-18(26)14-17(21)15-22-24(30)28(20-10-6-3-7-11-20)25(33-22)27-19-8-4-2-5-9-19/h12-15,19-20H,2-11,16H2,1H3. The molecule has 2 saturated carbocycles. The van der Waals surface area contributed by atoms with Crippen LogP contribution in [0.25, 0.3) is 6.08 Å². The van der Waals surface area contributed by atoms with Gasteiger partial charge in [-0.1, -0.05) is 54.5 Å². The quantitative estimate of drug-likeness (QED) is 0.333. The number of ether oxygens (including phenoxy) is 2. The lowest BCUT2D eigenvalue weighted by atomic mass is 9.94. The Morgan fingerprint density at radius 1 is 1.15 bits per heavy atom. The van der Waals surface area contributed by atoms with Gasteiger partial charge < -0.3 is 9.47 Å². The van der Waals surface area contributed by atoms with E-state index in [1.807, 2.05) is 23.1 Å². The van der Waals surface area contributed by atoms with Crippen LogP contribution in [0, 0.1) is 0 Å². The minimum absolute atomic E-state index is 0.0281. The van der Waals surface area contributed by atoms with Gasteiger partial charge in [-0.05, 0) is 61.7 Å². The van der Waals surface area contributed by atoms with E-state index in [9.17, 15) is 9.59 Å². The number of amidine groups is 1. The molecule has 0 unspecified atom stereocenters. The molecular formula is C25H31BrN2O4S. The Balaban J connectivity index is 1.63. The molecule has 6 nitrogen and oxygen atoms in total. The van der Waals surface area contributed by atoms with Crippen LogP contribution in [0.5, 0.6) is 5.75 Å². The summed E-state index contributed by atoms with van der Waals surface area (Å²) in [5, 5.41) is 0.858. The number of aliphatic imine (C=N–C) groups is 1. The van der Waals surface area contributed by atoms with E-state index >= 15 is 0 Å². The molecule has 0 atom stereocenters. The van der Waals surface area contributed by atoms with Crippen LogP contribution < -0.4 is 4.74 Å². The van der Waals surface area contributed by atoms with Crippen molar-refractivity contribution in [2.75, 3.05) is 13.7 Å². The zero-order valence-corrected chi connectivity index (χ0v) is 21.5. The molecule has 1 aliphatic heterocycles. The van der Waals surface area contributed by atoms with Crippen LogP contribution in [0.1, 0.15) is 69.8 Å². The SMILES string of the molecule is COC(=O)COc1ccc(Br)cc1C=C1SC(=NC2CCCCC2)N(C2CCCCC2)C1=O. The minimum Gasteiger partial charge on any atom is -0.481 e. The molecule has 1 aromatic carbocycles. The average molecular weight is 536 g/mol. The van der Waals surface area contributed by atoms with Gasteiger partial charge in [-0.25, -0.2) is 4.79 Å². The van der Waals surface area contributed by atoms with E-state index in [0.29, 0.717) is 16.7 Å². The van der Waals surface area contributed by atoms with Gasteiger partial charge in [0, 0.05) is 16.1 Å². The van der Waals surface area contributed by atoms with E-state index in [1.165, 1.54) is 44.6 Å². The first kappa shape index (κ1) is 24.3. The van der Waals surface area contributed by atoms with Crippen LogP contribution in [0.15, 0.2) is 32.6 Å². The fourth-order valence-electron chi connectivity index (χ4n) is 4.70. The second-order valence-electron chi connectivity index (χ2n) is 8.83. The first-order chi connectivity index (χ1) is 16.0. The molecule has 1 amide bonds. The number of benzene rings is 1. The van der Waals surface area contributed by atoms with Crippen LogP contribution >= 0.6 is 27.7 Å². The maximum absolute atomic E-state index is 13.6. The van der Waals surface area contributed by atoms with E-state index in [2.05, 4.69) is 20.7 Å². The molecule has 1 heterocycles. The van der Waals surface area contributed by atoms with E-state index < -0.39 is 5.97 Å². The zero-order chi connectivity index (χ0) is 23.2. The maximum atomic E-state index is 13.6. The number of hydrogen-bond donors (Lipinski definition) is 0. The molecule has 33 heavy (non-hydrogen) atoms. The molecule has 178 valence electrons. The highest BCUT2D eigenvalue weighted by Gasteiger charge is 2.39. The number of rotatable bonds is 6. The van der Waals surface area contributed by atoms with E-state index in [1.54, 1.807) is 6.07 Å². The fourth-order valence-corrected chi connectivity index (χ4v) is 6.18. The van der Waals surface area contributed by atoms with Gasteiger partial charge in [0.05, 0.1) is 18.1 Å². The molecule has 8 heteroatoms. The number of methoxy groups -OCH3 is 1. The lowest BCUT2D eigenvalue weighted by Crippen LogP contribution is -2.41. The van der Waals surface area contributed by atoms with E-state index in [0.717, 1.165) is 53.7 Å². The monoisotopic (exact) mass is 534 g/mol. The second-order valence-corrected chi connectivity index (χ2v) is 10.8. The molecule has 0 radical (unpaired) electrons. The fraction of sp³-hybridized carbons (Fsp3) is 0.560. The van der Waals surface area contributed by atoms with Crippen LogP contribution in [0.2, 0.25) is 0 Å². The van der Waals surface area contributed by atoms with Gasteiger partial charge in [0.15, 0.2) is 11.8 Å². The summed E-state index contributed by atoms with van der Waals surface area (Å²) in [5.41, 5.74) is 0.742. The number of thioether (sulfide) groups is 1. The Kier molecular flexibility index (Phi) is 8.52. The number of carbonyl (C=O) groups is 2. The van der Waals surface area contributed by atoms with Crippen molar-refractivity contribution in [3.63, 3.8) is 0 Å². The third-order valence-electron chi connectivity index (χ3n) is 6.48. The van der Waals surface area contributed by atoms with Crippen molar-refractivity contribution in [1.29, 1.82) is 0 Å². The normalized spacial score (nSPS) is 22.8. The molecule has 0 N–H and O–H groups in total. The maximum Gasteiger partial charge on any atom is 0.343 e. The molecule has 1 aromatic rings. The third kappa shape index (κ3) is 6.21. The first-order valence-corrected chi connectivity index (χ1v) is 13.5. The summed E-state index contributed by atoms with van der Waals surface area (Å²) in [6.45, 7) is -0.183. The molecule has 4 rings (SSSR count). The number of esters is 1. The van der Waals surface area contributed by atoms with Crippen molar-refractivity contribution in [3.05, 3.63) is 33.1 Å². The number of nitrogens with zero attached hydrogens (tertiary/aromatic N) is 2. The summed E-state index contributed by atoms with van der Waals surface area (Å²) in [6.07, 6.45) is 13.4. The van der Waals surface area contributed by atoms with Gasteiger partial charge in [-0.3, -0.25) is 14.7 Å². The predicted octanol–water partition coefficient (Wildman–Crippen LogP) is 5.94. The number of halogens is 1. The van der Waals surface area contributed by atoms with Crippen LogP contribution in [0.4, 0.5) is 0 Å². The molecule has 3 aliphatic rings. The zero-order valence-electron chi connectivity index (χ0n) is 19.1. The first-order valence-electron chi connectivity index (χ1n) is 11.8. The van der Waals surface area contributed by atoms with Crippen molar-refractivity contribution in [2.45, 2.75) is 76.3 Å². The molecule has 2 aliphatic carbocycles. The van der Waals surface area contributed by atoms with Gasteiger partial charge >= 0.3 is 5.97 Å². The van der Waals surface area contributed by atoms with Gasteiger partial charge in [-0.2, -0.15) is 0 Å². The smallest absolute Gasteiger partial charge is 0.343 e. The third-order valence-corrected chi connectivity index (χ3v) is 7.97. The van der Waals surface area contributed by atoms with Gasteiger partial charge in [0.2, 0.25) is 0 Å². The molecule has 1 saturated heterocycles. The molecule has 0 aromatic heterocycles. The Bertz CT molecular complexity index is 936. The van der Waals surface area contributed by atoms with Crippen LogP contribution in [0.3, 0.4) is 0 Å². The number of hydrogen-bond acceptors (Lipinski definition) is 6. The van der Waals surface area contributed by atoms with Crippen molar-refractivity contribution >= 4 is 50.8 Å². The summed E-state index contributed by atoms with van der Waals surface area (Å²) in [4.78, 5) is 32.9. The summed E-state index contributed by atoms with van der Waals surface area (Å²) in [7, 11) is 1.33. The van der Waals surface area contributed by atoms with E-state index in [4.69, 9.17) is 9.73 Å². The topological polar surface area (TPSA) is 68.2 Å². The summed E-state index contributed by atoms with van der Waals surface area (Å²) >= 11 is 4.98. The van der Waals surface area contributed by atoms with Crippen molar-refractivity contribution in [3.8, 4) is 5.75 Å². The summed E-state index contributed by atoms with van der Waals surface area (Å²) in [5.74, 6) is 0.111. The molecule has 0 spiro atoms. The van der Waals surface area contributed by atoms with Gasteiger partial charge in [0.25, 0.3) is 5.91 Å². The Morgan fingerprint density at radius 3 is 2.55 bits per heavy atom. The Morgan fingerprint density at radius 2 is 1.85 bits per heavy atom. The second kappa shape index (κ2) is 11.6. The summed E-state index contributed by atoms with van der Waals surface area (Å²) in [6, 6.07) is 6.07. The van der Waals surface area contributed by atoms with E-state index in [-0.39, 0.29) is 18.6 Å². The lowest BCUT2D eigenvalue weighted by molar-refractivity contribution is -0.142. The minimum atomic E-state index is -0.451. The highest BCUT2D eigenvalue weighted by molar-refractivity contribution is 9.10. The van der Waals surface area contributed by atoms with Crippen molar-refractivity contribution in [2.24, 2.45) is 4.99 Å². The van der Waals surface area contributed by atoms with Gasteiger partial charge in [0.1, 0.15) is 5.75 Å². The average Bonchev–Trinajstić information content (AvgIpc) is 3.13. The number of amides is 1. The van der Waals surface area contributed by atoms with Crippen LogP contribution in [-0.2, 0) is 14.3 Å². The molecule has 0 bridgehead atoms. The Labute approximate surface area is 208 Å². The lowest BCUT2D eigenvalue weighted by Gasteiger charge is -2.31. The van der Waals surface area contributed by atoms with Gasteiger partial charge in [-0.15, -0.1) is 0 Å². The van der Waals surface area contributed by atoms with Crippen molar-refractivity contribution < 1.29 is 19.1 Å².